The second-order valence-electron chi connectivity index (χ2n) is 16.4. The Hall–Kier alpha value is -5.86. The Morgan fingerprint density at radius 1 is 0.396 bits per heavy atom. The van der Waals surface area contributed by atoms with Crippen LogP contribution < -0.4 is 0 Å². The van der Waals surface area contributed by atoms with E-state index >= 15 is 0 Å². The standard InChI is InChI=1S/C51H40N2/c1-29-13-17-34-35-18-14-30(2)24-43(35)52(42(34)23-29)46-27-33-28-47(53-44-25-31(3)15-19-36(44)37-20-16-32(4)26-45(37)53)39-10-8-12-41-50(39)48(33)49-38(46)9-7-11-40(49)51(41)21-5-6-22-51/h7-20,23-28H,5-6,21-22H2,1-4H3. The van der Waals surface area contributed by atoms with Crippen LogP contribution in [-0.4, -0.2) is 9.13 Å². The minimum absolute atomic E-state index is 0.0121. The third-order valence-electron chi connectivity index (χ3n) is 13.2. The molecule has 10 aromatic rings. The zero-order chi connectivity index (χ0) is 35.3. The van der Waals surface area contributed by atoms with Gasteiger partial charge in [-0.15, -0.1) is 0 Å². The summed E-state index contributed by atoms with van der Waals surface area (Å²) in [4.78, 5) is 0. The van der Waals surface area contributed by atoms with Crippen molar-refractivity contribution in [2.24, 2.45) is 0 Å². The molecule has 1 spiro atoms. The van der Waals surface area contributed by atoms with Crippen LogP contribution >= 0.6 is 0 Å². The number of hydrogen-bond acceptors (Lipinski definition) is 0. The molecule has 2 nitrogen and oxygen atoms in total. The fourth-order valence-corrected chi connectivity index (χ4v) is 10.9. The molecule has 2 heterocycles. The lowest BCUT2D eigenvalue weighted by atomic mass is 9.66. The summed E-state index contributed by atoms with van der Waals surface area (Å²) in [6.07, 6.45) is 4.92. The third kappa shape index (κ3) is 3.74. The molecule has 254 valence electrons. The van der Waals surface area contributed by atoms with Gasteiger partial charge in [-0.3, -0.25) is 0 Å². The van der Waals surface area contributed by atoms with Crippen molar-refractivity contribution in [3.8, 4) is 11.4 Å². The van der Waals surface area contributed by atoms with E-state index in [4.69, 9.17) is 0 Å². The highest BCUT2D eigenvalue weighted by Crippen LogP contribution is 2.57. The van der Waals surface area contributed by atoms with Crippen LogP contribution in [0.2, 0.25) is 0 Å². The van der Waals surface area contributed by atoms with Crippen LogP contribution in [0.4, 0.5) is 0 Å². The van der Waals surface area contributed by atoms with Crippen molar-refractivity contribution < 1.29 is 0 Å². The minimum atomic E-state index is 0.0121. The van der Waals surface area contributed by atoms with E-state index in [1.54, 1.807) is 0 Å². The molecule has 0 amide bonds. The first-order valence-corrected chi connectivity index (χ1v) is 19.4. The fraction of sp³-hybridized carbons (Fsp3) is 0.176. The summed E-state index contributed by atoms with van der Waals surface area (Å²) in [7, 11) is 0. The summed E-state index contributed by atoms with van der Waals surface area (Å²) in [6.45, 7) is 8.89. The van der Waals surface area contributed by atoms with Crippen molar-refractivity contribution in [3.05, 3.63) is 155 Å². The number of aromatic nitrogens is 2. The highest BCUT2D eigenvalue weighted by Gasteiger charge is 2.43. The topological polar surface area (TPSA) is 9.86 Å². The Morgan fingerprint density at radius 3 is 1.15 bits per heavy atom. The zero-order valence-electron chi connectivity index (χ0n) is 30.8. The summed E-state index contributed by atoms with van der Waals surface area (Å²) in [6, 6.07) is 47.5. The molecule has 0 saturated heterocycles. The predicted octanol–water partition coefficient (Wildman–Crippen LogP) is 13.7. The Morgan fingerprint density at radius 2 is 0.774 bits per heavy atom. The molecule has 0 radical (unpaired) electrons. The van der Waals surface area contributed by atoms with Gasteiger partial charge in [-0.05, 0) is 132 Å². The molecule has 8 aromatic carbocycles. The van der Waals surface area contributed by atoms with E-state index < -0.39 is 0 Å². The molecule has 0 aliphatic heterocycles. The van der Waals surface area contributed by atoms with Crippen molar-refractivity contribution in [1.29, 1.82) is 0 Å². The molecule has 0 atom stereocenters. The predicted molar refractivity (Wildman–Crippen MR) is 226 cm³/mol. The fourth-order valence-electron chi connectivity index (χ4n) is 10.9. The van der Waals surface area contributed by atoms with Gasteiger partial charge in [0.15, 0.2) is 0 Å². The normalized spacial score (nSPS) is 15.0. The number of benzene rings is 8. The van der Waals surface area contributed by atoms with Crippen molar-refractivity contribution in [1.82, 2.24) is 9.13 Å². The molecule has 1 saturated carbocycles. The lowest BCUT2D eigenvalue weighted by molar-refractivity contribution is 0.543. The van der Waals surface area contributed by atoms with Gasteiger partial charge in [0.25, 0.3) is 0 Å². The van der Waals surface area contributed by atoms with Crippen LogP contribution in [0.5, 0.6) is 0 Å². The van der Waals surface area contributed by atoms with Crippen LogP contribution in [0.15, 0.2) is 121 Å². The maximum Gasteiger partial charge on any atom is 0.0547 e. The molecule has 2 heteroatoms. The molecule has 0 unspecified atom stereocenters. The zero-order valence-corrected chi connectivity index (χ0v) is 30.8. The van der Waals surface area contributed by atoms with Crippen LogP contribution in [0.3, 0.4) is 0 Å². The van der Waals surface area contributed by atoms with Gasteiger partial charge >= 0.3 is 0 Å². The Bertz CT molecular complexity index is 2940. The first-order chi connectivity index (χ1) is 25.9. The molecule has 12 rings (SSSR count). The van der Waals surface area contributed by atoms with Crippen molar-refractivity contribution >= 4 is 75.9 Å². The number of nitrogens with zero attached hydrogens (tertiary/aromatic N) is 2. The Labute approximate surface area is 308 Å². The molecular weight excluding hydrogens is 641 g/mol. The number of aryl methyl sites for hydroxylation is 4. The van der Waals surface area contributed by atoms with E-state index in [9.17, 15) is 0 Å². The van der Waals surface area contributed by atoms with Gasteiger partial charge in [-0.2, -0.15) is 0 Å². The van der Waals surface area contributed by atoms with Crippen molar-refractivity contribution in [3.63, 3.8) is 0 Å². The highest BCUT2D eigenvalue weighted by molar-refractivity contribution is 6.28. The van der Waals surface area contributed by atoms with E-state index in [0.29, 0.717) is 0 Å². The van der Waals surface area contributed by atoms with E-state index in [1.165, 1.54) is 146 Å². The summed E-state index contributed by atoms with van der Waals surface area (Å²) >= 11 is 0. The average molecular weight is 681 g/mol. The number of fused-ring (bicyclic) bond motifs is 8. The first-order valence-electron chi connectivity index (χ1n) is 19.4. The van der Waals surface area contributed by atoms with Gasteiger partial charge in [0.1, 0.15) is 0 Å². The maximum atomic E-state index is 2.59. The molecule has 2 aliphatic carbocycles. The van der Waals surface area contributed by atoms with Crippen molar-refractivity contribution in [2.45, 2.75) is 58.8 Å². The summed E-state index contributed by atoms with van der Waals surface area (Å²) in [5, 5.41) is 13.6. The SMILES string of the molecule is Cc1ccc2c3ccc(C)cc3n(-c3cc4cc(-n5c6cc(C)ccc6c6ccc(C)cc65)c5cccc6c5c4c4c(cccc34)C63CCCC3)c2c1. The van der Waals surface area contributed by atoms with E-state index in [1.807, 2.05) is 0 Å². The lowest BCUT2D eigenvalue weighted by Crippen LogP contribution is -2.27. The van der Waals surface area contributed by atoms with Crippen LogP contribution in [0, 0.1) is 27.7 Å². The quantitative estimate of drug-likeness (QED) is 0.161. The lowest BCUT2D eigenvalue weighted by Gasteiger charge is -2.37. The molecule has 2 aliphatic rings. The largest absolute Gasteiger partial charge is 0.309 e. The summed E-state index contributed by atoms with van der Waals surface area (Å²) in [5.74, 6) is 0. The average Bonchev–Trinajstić information content (AvgIpc) is 3.85. The summed E-state index contributed by atoms with van der Waals surface area (Å²) < 4.78 is 5.17. The Kier molecular flexibility index (Phi) is 5.70. The Balaban J connectivity index is 1.33. The van der Waals surface area contributed by atoms with Gasteiger partial charge in [0, 0.05) is 37.7 Å². The van der Waals surface area contributed by atoms with Gasteiger partial charge < -0.3 is 9.13 Å². The highest BCUT2D eigenvalue weighted by atomic mass is 15.0. The minimum Gasteiger partial charge on any atom is -0.309 e. The second-order valence-corrected chi connectivity index (χ2v) is 16.4. The van der Waals surface area contributed by atoms with E-state index in [-0.39, 0.29) is 5.41 Å². The van der Waals surface area contributed by atoms with Crippen LogP contribution in [0.1, 0.15) is 59.1 Å². The van der Waals surface area contributed by atoms with Crippen LogP contribution in [-0.2, 0) is 5.41 Å². The van der Waals surface area contributed by atoms with Gasteiger partial charge in [0.2, 0.25) is 0 Å². The molecule has 0 N–H and O–H groups in total. The maximum absolute atomic E-state index is 2.59. The van der Waals surface area contributed by atoms with Gasteiger partial charge in [-0.25, -0.2) is 0 Å². The number of hydrogen-bond donors (Lipinski definition) is 0. The third-order valence-corrected chi connectivity index (χ3v) is 13.2. The van der Waals surface area contributed by atoms with Gasteiger partial charge in [-0.1, -0.05) is 97.8 Å². The van der Waals surface area contributed by atoms with Crippen LogP contribution in [0.25, 0.3) is 87.3 Å². The van der Waals surface area contributed by atoms with E-state index in [2.05, 4.69) is 158 Å². The smallest absolute Gasteiger partial charge is 0.0547 e. The monoisotopic (exact) mass is 680 g/mol. The van der Waals surface area contributed by atoms with Gasteiger partial charge in [0.05, 0.1) is 33.4 Å². The molecule has 2 aromatic heterocycles. The number of rotatable bonds is 2. The molecule has 0 bridgehead atoms. The second kappa shape index (κ2) is 10.2. The first kappa shape index (κ1) is 29.7. The summed E-state index contributed by atoms with van der Waals surface area (Å²) in [5.41, 5.74) is 15.9. The van der Waals surface area contributed by atoms with E-state index in [0.717, 1.165) is 0 Å². The van der Waals surface area contributed by atoms with Crippen molar-refractivity contribution in [2.75, 3.05) is 0 Å². The molecule has 53 heavy (non-hydrogen) atoms. The molecular formula is C51H40N2. The molecule has 1 fully saturated rings.